The minimum atomic E-state index is -0.166. The van der Waals surface area contributed by atoms with Gasteiger partial charge in [-0.05, 0) is 25.0 Å². The van der Waals surface area contributed by atoms with Gasteiger partial charge in [0.15, 0.2) is 0 Å². The maximum atomic E-state index is 12.1. The molecule has 0 aliphatic heterocycles. The number of unbranched alkanes of at least 4 members (excludes halogenated alkanes) is 1. The molecule has 0 heterocycles. The Labute approximate surface area is 124 Å². The third-order valence-corrected chi connectivity index (χ3v) is 3.26. The third kappa shape index (κ3) is 4.62. The summed E-state index contributed by atoms with van der Waals surface area (Å²) in [6.45, 7) is 0.491. The first-order valence-corrected chi connectivity index (χ1v) is 7.03. The van der Waals surface area contributed by atoms with Gasteiger partial charge in [-0.3, -0.25) is 4.79 Å². The van der Waals surface area contributed by atoms with Gasteiger partial charge in [0.1, 0.15) is 5.75 Å². The lowest BCUT2D eigenvalue weighted by atomic mass is 10.1. The minimum absolute atomic E-state index is 0.0319. The van der Waals surface area contributed by atoms with E-state index in [1.165, 1.54) is 0 Å². The molecule has 1 aromatic carbocycles. The van der Waals surface area contributed by atoms with Crippen molar-refractivity contribution in [2.45, 2.75) is 25.3 Å². The Morgan fingerprint density at radius 1 is 1.48 bits per heavy atom. The monoisotopic (exact) mass is 285 g/mol. The first-order valence-electron chi connectivity index (χ1n) is 7.03. The molecule has 2 unspecified atom stereocenters. The number of nitrogens with zero attached hydrogens (tertiary/aromatic N) is 1. The van der Waals surface area contributed by atoms with E-state index in [0.717, 1.165) is 0 Å². The highest BCUT2D eigenvalue weighted by Crippen LogP contribution is 2.21. The molecule has 21 heavy (non-hydrogen) atoms. The number of hydrogen-bond acceptors (Lipinski definition) is 4. The van der Waals surface area contributed by atoms with Gasteiger partial charge in [-0.1, -0.05) is 18.2 Å². The molecule has 0 bridgehead atoms. The Bertz CT molecular complexity index is 563. The van der Waals surface area contributed by atoms with Crippen LogP contribution in [-0.4, -0.2) is 18.6 Å². The van der Waals surface area contributed by atoms with Crippen LogP contribution in [0.3, 0.4) is 0 Å². The van der Waals surface area contributed by atoms with E-state index in [0.29, 0.717) is 37.3 Å². The molecule has 0 aromatic heterocycles. The van der Waals surface area contributed by atoms with Crippen molar-refractivity contribution < 1.29 is 9.53 Å². The van der Waals surface area contributed by atoms with Gasteiger partial charge in [-0.25, -0.2) is 0 Å². The molecule has 5 nitrogen and oxygen atoms in total. The maximum absolute atomic E-state index is 12.1. The summed E-state index contributed by atoms with van der Waals surface area (Å²) in [5.74, 6) is 0.463. The van der Waals surface area contributed by atoms with Crippen LogP contribution in [0.25, 0.3) is 0 Å². The van der Waals surface area contributed by atoms with Gasteiger partial charge in [0.2, 0.25) is 5.91 Å². The van der Waals surface area contributed by atoms with Gasteiger partial charge in [0.25, 0.3) is 0 Å². The van der Waals surface area contributed by atoms with Gasteiger partial charge < -0.3 is 15.8 Å². The van der Waals surface area contributed by atoms with Crippen molar-refractivity contribution in [1.29, 1.82) is 5.26 Å². The second kappa shape index (κ2) is 7.46. The number of carbonyl (C=O) groups is 1. The van der Waals surface area contributed by atoms with Crippen molar-refractivity contribution in [3.8, 4) is 11.8 Å². The predicted molar refractivity (Wildman–Crippen MR) is 80.6 cm³/mol. The van der Waals surface area contributed by atoms with Gasteiger partial charge in [-0.15, -0.1) is 0 Å². The highest BCUT2D eigenvalue weighted by atomic mass is 16.5. The number of nitrogens with one attached hydrogen (secondary N) is 1. The predicted octanol–water partition coefficient (Wildman–Crippen LogP) is 2.21. The molecular weight excluding hydrogens is 266 g/mol. The van der Waals surface area contributed by atoms with E-state index in [1.807, 2.05) is 30.4 Å². The number of amides is 1. The van der Waals surface area contributed by atoms with Crippen LogP contribution in [0.1, 0.15) is 19.3 Å². The average molecular weight is 285 g/mol. The molecule has 0 radical (unpaired) electrons. The molecule has 1 amide bonds. The second-order valence-electron chi connectivity index (χ2n) is 5.02. The van der Waals surface area contributed by atoms with Crippen molar-refractivity contribution in [2.24, 2.45) is 11.7 Å². The molecule has 0 saturated heterocycles. The molecule has 0 saturated carbocycles. The maximum Gasteiger partial charge on any atom is 0.231 e. The van der Waals surface area contributed by atoms with E-state index >= 15 is 0 Å². The van der Waals surface area contributed by atoms with Crippen LogP contribution in [0.5, 0.6) is 5.75 Å². The second-order valence-corrected chi connectivity index (χ2v) is 5.02. The molecule has 110 valence electrons. The standard InChI is InChI=1S/C16H19N3O2/c17-8-1-2-9-21-15-5-3-4-14(11-15)19-16(20)12-6-7-13(18)10-12/h3-7,11-13H,1-2,9-10,18H2,(H,19,20). The molecule has 0 spiro atoms. The molecule has 0 fully saturated rings. The van der Waals surface area contributed by atoms with Crippen LogP contribution in [0.4, 0.5) is 5.69 Å². The van der Waals surface area contributed by atoms with Gasteiger partial charge in [0, 0.05) is 24.2 Å². The van der Waals surface area contributed by atoms with Crippen LogP contribution in [0, 0.1) is 17.2 Å². The zero-order valence-corrected chi connectivity index (χ0v) is 11.8. The summed E-state index contributed by atoms with van der Waals surface area (Å²) < 4.78 is 5.54. The zero-order chi connectivity index (χ0) is 15.1. The van der Waals surface area contributed by atoms with Crippen LogP contribution >= 0.6 is 0 Å². The summed E-state index contributed by atoms with van der Waals surface area (Å²) in [6.07, 6.45) is 5.53. The lowest BCUT2D eigenvalue weighted by Crippen LogP contribution is -2.23. The topological polar surface area (TPSA) is 88.1 Å². The first-order chi connectivity index (χ1) is 10.2. The summed E-state index contributed by atoms with van der Waals surface area (Å²) in [6, 6.07) is 9.29. The number of nitrogens with two attached hydrogens (primary N) is 1. The van der Waals surface area contributed by atoms with Gasteiger partial charge in [-0.2, -0.15) is 5.26 Å². The average Bonchev–Trinajstić information content (AvgIpc) is 2.91. The van der Waals surface area contributed by atoms with Crippen molar-refractivity contribution in [3.05, 3.63) is 36.4 Å². The number of nitriles is 1. The largest absolute Gasteiger partial charge is 0.493 e. The highest BCUT2D eigenvalue weighted by Gasteiger charge is 2.22. The summed E-state index contributed by atoms with van der Waals surface area (Å²) in [4.78, 5) is 12.1. The molecule has 2 atom stereocenters. The zero-order valence-electron chi connectivity index (χ0n) is 11.8. The molecule has 1 aliphatic carbocycles. The normalized spacial score (nSPS) is 20.0. The molecule has 1 aliphatic rings. The van der Waals surface area contributed by atoms with Crippen LogP contribution in [-0.2, 0) is 4.79 Å². The van der Waals surface area contributed by atoms with Crippen LogP contribution < -0.4 is 15.8 Å². The fourth-order valence-electron chi connectivity index (χ4n) is 2.16. The summed E-state index contributed by atoms with van der Waals surface area (Å²) in [5, 5.41) is 11.3. The van der Waals surface area contributed by atoms with Crippen molar-refractivity contribution in [1.82, 2.24) is 0 Å². The number of ether oxygens (including phenoxy) is 1. The summed E-state index contributed by atoms with van der Waals surface area (Å²) in [5.41, 5.74) is 6.45. The summed E-state index contributed by atoms with van der Waals surface area (Å²) in [7, 11) is 0. The van der Waals surface area contributed by atoms with Gasteiger partial charge in [0.05, 0.1) is 18.6 Å². The summed E-state index contributed by atoms with van der Waals surface area (Å²) >= 11 is 0. The smallest absolute Gasteiger partial charge is 0.231 e. The lowest BCUT2D eigenvalue weighted by Gasteiger charge is -2.12. The van der Waals surface area contributed by atoms with Crippen LogP contribution in [0.2, 0.25) is 0 Å². The van der Waals surface area contributed by atoms with E-state index in [2.05, 4.69) is 11.4 Å². The Morgan fingerprint density at radius 3 is 3.05 bits per heavy atom. The number of benzene rings is 1. The quantitative estimate of drug-likeness (QED) is 0.619. The Kier molecular flexibility index (Phi) is 5.35. The Hall–Kier alpha value is -2.32. The molecular formula is C16H19N3O2. The van der Waals surface area contributed by atoms with Crippen molar-refractivity contribution >= 4 is 11.6 Å². The Balaban J connectivity index is 1.87. The van der Waals surface area contributed by atoms with E-state index in [4.69, 9.17) is 15.7 Å². The van der Waals surface area contributed by atoms with E-state index in [-0.39, 0.29) is 17.9 Å². The van der Waals surface area contributed by atoms with E-state index in [9.17, 15) is 4.79 Å². The lowest BCUT2D eigenvalue weighted by molar-refractivity contribution is -0.118. The van der Waals surface area contributed by atoms with Crippen LogP contribution in [0.15, 0.2) is 36.4 Å². The van der Waals surface area contributed by atoms with E-state index < -0.39 is 0 Å². The number of anilines is 1. The molecule has 2 rings (SSSR count). The fraction of sp³-hybridized carbons (Fsp3) is 0.375. The van der Waals surface area contributed by atoms with Crippen molar-refractivity contribution in [3.63, 3.8) is 0 Å². The number of hydrogen-bond donors (Lipinski definition) is 2. The van der Waals surface area contributed by atoms with Gasteiger partial charge >= 0.3 is 0 Å². The minimum Gasteiger partial charge on any atom is -0.493 e. The SMILES string of the molecule is N#CCCCOc1cccc(NC(=O)C2C=CC(N)C2)c1. The first kappa shape index (κ1) is 15.1. The number of carbonyl (C=O) groups excluding carboxylic acids is 1. The Morgan fingerprint density at radius 2 is 2.33 bits per heavy atom. The fourth-order valence-corrected chi connectivity index (χ4v) is 2.16. The molecule has 3 N–H and O–H groups in total. The third-order valence-electron chi connectivity index (χ3n) is 3.26. The highest BCUT2D eigenvalue weighted by molar-refractivity contribution is 5.94. The molecule has 1 aromatic rings. The van der Waals surface area contributed by atoms with Crippen molar-refractivity contribution in [2.75, 3.05) is 11.9 Å². The van der Waals surface area contributed by atoms with E-state index in [1.54, 1.807) is 6.07 Å². The number of rotatable bonds is 6. The molecule has 5 heteroatoms.